The molecule has 2 aromatic carbocycles. The molecule has 0 saturated carbocycles. The number of para-hydroxylation sites is 1. The highest BCUT2D eigenvalue weighted by Gasteiger charge is 2.18. The van der Waals surface area contributed by atoms with Crippen LogP contribution in [0.5, 0.6) is 5.75 Å². The van der Waals surface area contributed by atoms with Crippen molar-refractivity contribution in [2.45, 2.75) is 26.9 Å². The average molecular weight is 378 g/mol. The van der Waals surface area contributed by atoms with Crippen molar-refractivity contribution < 1.29 is 18.7 Å². The zero-order chi connectivity index (χ0) is 19.9. The van der Waals surface area contributed by atoms with Gasteiger partial charge in [-0.05, 0) is 42.8 Å². The highest BCUT2D eigenvalue weighted by Crippen LogP contribution is 2.25. The van der Waals surface area contributed by atoms with Crippen LogP contribution in [0, 0.1) is 6.92 Å². The molecule has 0 aliphatic rings. The van der Waals surface area contributed by atoms with Crippen molar-refractivity contribution in [2.75, 3.05) is 10.6 Å². The van der Waals surface area contributed by atoms with Crippen LogP contribution in [0.25, 0.3) is 0 Å². The van der Waals surface area contributed by atoms with Gasteiger partial charge in [-0.25, -0.2) is 0 Å². The van der Waals surface area contributed by atoms with Crippen molar-refractivity contribution in [3.63, 3.8) is 0 Å². The molecule has 0 radical (unpaired) electrons. The van der Waals surface area contributed by atoms with Gasteiger partial charge in [0.25, 0.3) is 5.91 Å². The van der Waals surface area contributed by atoms with E-state index in [9.17, 15) is 9.59 Å². The third-order valence-electron chi connectivity index (χ3n) is 4.27. The van der Waals surface area contributed by atoms with Gasteiger partial charge in [0.2, 0.25) is 5.91 Å². The van der Waals surface area contributed by atoms with E-state index in [0.717, 1.165) is 5.56 Å². The summed E-state index contributed by atoms with van der Waals surface area (Å²) in [5.41, 5.74) is 2.68. The van der Waals surface area contributed by atoms with E-state index < -0.39 is 0 Å². The molecule has 0 bridgehead atoms. The highest BCUT2D eigenvalue weighted by atomic mass is 16.5. The van der Waals surface area contributed by atoms with Crippen molar-refractivity contribution >= 4 is 23.2 Å². The van der Waals surface area contributed by atoms with Crippen LogP contribution in [0.3, 0.4) is 0 Å². The summed E-state index contributed by atoms with van der Waals surface area (Å²) in [6, 6.07) is 16.4. The van der Waals surface area contributed by atoms with E-state index in [1.54, 1.807) is 31.2 Å². The smallest absolute Gasteiger partial charge is 0.291 e. The second-order valence-electron chi connectivity index (χ2n) is 6.21. The molecule has 1 heterocycles. The number of ether oxygens (including phenoxy) is 1. The van der Waals surface area contributed by atoms with Gasteiger partial charge in [-0.3, -0.25) is 9.59 Å². The van der Waals surface area contributed by atoms with Crippen LogP contribution in [0.2, 0.25) is 0 Å². The molecule has 0 unspecified atom stereocenters. The first-order chi connectivity index (χ1) is 13.6. The van der Waals surface area contributed by atoms with E-state index in [1.165, 1.54) is 6.26 Å². The van der Waals surface area contributed by atoms with E-state index in [-0.39, 0.29) is 24.2 Å². The van der Waals surface area contributed by atoms with Gasteiger partial charge < -0.3 is 19.8 Å². The number of carbonyl (C=O) groups is 2. The zero-order valence-electron chi connectivity index (χ0n) is 15.8. The molecule has 6 heteroatoms. The molecular weight excluding hydrogens is 356 g/mol. The molecular formula is C22H22N2O4. The van der Waals surface area contributed by atoms with Crippen molar-refractivity contribution in [1.82, 2.24) is 0 Å². The maximum Gasteiger partial charge on any atom is 0.291 e. The Balaban J connectivity index is 1.71. The number of furan rings is 1. The number of benzene rings is 2. The number of rotatable bonds is 7. The quantitative estimate of drug-likeness (QED) is 0.621. The fourth-order valence-corrected chi connectivity index (χ4v) is 2.65. The van der Waals surface area contributed by atoms with Gasteiger partial charge in [0.1, 0.15) is 12.4 Å². The summed E-state index contributed by atoms with van der Waals surface area (Å²) in [7, 11) is 0. The molecule has 3 aromatic rings. The van der Waals surface area contributed by atoms with E-state index in [2.05, 4.69) is 10.6 Å². The SMILES string of the molecule is CCC(=O)Nc1cccc(NC(=O)c2occc2COc2ccccc2)c1C. The summed E-state index contributed by atoms with van der Waals surface area (Å²) < 4.78 is 11.1. The minimum atomic E-state index is -0.376. The Morgan fingerprint density at radius 2 is 1.68 bits per heavy atom. The van der Waals surface area contributed by atoms with Crippen LogP contribution in [-0.4, -0.2) is 11.8 Å². The number of nitrogens with one attached hydrogen (secondary N) is 2. The minimum Gasteiger partial charge on any atom is -0.489 e. The Labute approximate surface area is 163 Å². The fourth-order valence-electron chi connectivity index (χ4n) is 2.65. The second kappa shape index (κ2) is 8.90. The molecule has 3 rings (SSSR count). The monoisotopic (exact) mass is 378 g/mol. The van der Waals surface area contributed by atoms with Crippen molar-refractivity contribution in [2.24, 2.45) is 0 Å². The van der Waals surface area contributed by atoms with E-state index >= 15 is 0 Å². The minimum absolute atomic E-state index is 0.0852. The van der Waals surface area contributed by atoms with E-state index in [0.29, 0.717) is 29.1 Å². The van der Waals surface area contributed by atoms with Gasteiger partial charge in [0, 0.05) is 23.4 Å². The van der Waals surface area contributed by atoms with Gasteiger partial charge in [-0.2, -0.15) is 0 Å². The van der Waals surface area contributed by atoms with Crippen LogP contribution in [-0.2, 0) is 11.4 Å². The summed E-state index contributed by atoms with van der Waals surface area (Å²) in [4.78, 5) is 24.4. The molecule has 0 atom stereocenters. The second-order valence-corrected chi connectivity index (χ2v) is 6.21. The average Bonchev–Trinajstić information content (AvgIpc) is 3.19. The van der Waals surface area contributed by atoms with Crippen molar-refractivity contribution in [1.29, 1.82) is 0 Å². The van der Waals surface area contributed by atoms with Crippen molar-refractivity contribution in [3.05, 3.63) is 77.7 Å². The van der Waals surface area contributed by atoms with Gasteiger partial charge in [-0.1, -0.05) is 31.2 Å². The number of hydrogen-bond donors (Lipinski definition) is 2. The zero-order valence-corrected chi connectivity index (χ0v) is 15.8. The lowest BCUT2D eigenvalue weighted by atomic mass is 10.1. The van der Waals surface area contributed by atoms with E-state index in [1.807, 2.05) is 37.3 Å². The molecule has 6 nitrogen and oxygen atoms in total. The summed E-state index contributed by atoms with van der Waals surface area (Å²) in [6.07, 6.45) is 1.84. The Morgan fingerprint density at radius 3 is 2.39 bits per heavy atom. The van der Waals surface area contributed by atoms with Crippen LogP contribution in [0.4, 0.5) is 11.4 Å². The summed E-state index contributed by atoms with van der Waals surface area (Å²) in [5.74, 6) is 0.445. The largest absolute Gasteiger partial charge is 0.489 e. The summed E-state index contributed by atoms with van der Waals surface area (Å²) in [5, 5.41) is 5.67. The normalized spacial score (nSPS) is 10.4. The number of hydrogen-bond acceptors (Lipinski definition) is 4. The van der Waals surface area contributed by atoms with Gasteiger partial charge >= 0.3 is 0 Å². The Bertz CT molecular complexity index is 964. The Hall–Kier alpha value is -3.54. The first-order valence-electron chi connectivity index (χ1n) is 9.03. The lowest BCUT2D eigenvalue weighted by Crippen LogP contribution is -2.16. The summed E-state index contributed by atoms with van der Waals surface area (Å²) in [6.45, 7) is 3.84. The van der Waals surface area contributed by atoms with Crippen molar-refractivity contribution in [3.8, 4) is 5.75 Å². The molecule has 0 spiro atoms. The number of anilines is 2. The molecule has 0 aliphatic heterocycles. The molecule has 0 aliphatic carbocycles. The number of carbonyl (C=O) groups excluding carboxylic acids is 2. The molecule has 0 fully saturated rings. The molecule has 2 N–H and O–H groups in total. The maximum atomic E-state index is 12.7. The molecule has 0 saturated heterocycles. The predicted molar refractivity (Wildman–Crippen MR) is 108 cm³/mol. The van der Waals surface area contributed by atoms with Gasteiger partial charge in [-0.15, -0.1) is 0 Å². The molecule has 28 heavy (non-hydrogen) atoms. The van der Waals surface area contributed by atoms with Crippen LogP contribution in [0.15, 0.2) is 65.3 Å². The fraction of sp³-hybridized carbons (Fsp3) is 0.182. The maximum absolute atomic E-state index is 12.7. The lowest BCUT2D eigenvalue weighted by molar-refractivity contribution is -0.115. The Kier molecular flexibility index (Phi) is 6.11. The third-order valence-corrected chi connectivity index (χ3v) is 4.27. The predicted octanol–water partition coefficient (Wildman–Crippen LogP) is 4.77. The highest BCUT2D eigenvalue weighted by molar-refractivity contribution is 6.04. The number of amides is 2. The van der Waals surface area contributed by atoms with Gasteiger partial charge in [0.15, 0.2) is 5.76 Å². The third kappa shape index (κ3) is 4.59. The topological polar surface area (TPSA) is 80.6 Å². The standard InChI is InChI=1S/C22H22N2O4/c1-3-20(25)23-18-10-7-11-19(15(18)2)24-22(26)21-16(12-13-27-21)14-28-17-8-5-4-6-9-17/h4-13H,3,14H2,1-2H3,(H,23,25)(H,24,26). The van der Waals surface area contributed by atoms with E-state index in [4.69, 9.17) is 9.15 Å². The first-order valence-corrected chi connectivity index (χ1v) is 9.03. The first kappa shape index (κ1) is 19.2. The van der Waals surface area contributed by atoms with Crippen LogP contribution in [0.1, 0.15) is 35.0 Å². The lowest BCUT2D eigenvalue weighted by Gasteiger charge is -2.13. The van der Waals surface area contributed by atoms with Crippen LogP contribution >= 0.6 is 0 Å². The summed E-state index contributed by atoms with van der Waals surface area (Å²) >= 11 is 0. The van der Waals surface area contributed by atoms with Gasteiger partial charge in [0.05, 0.1) is 6.26 Å². The molecule has 1 aromatic heterocycles. The molecule has 2 amide bonds. The molecule has 144 valence electrons. The van der Waals surface area contributed by atoms with Crippen LogP contribution < -0.4 is 15.4 Å². The Morgan fingerprint density at radius 1 is 0.964 bits per heavy atom.